The smallest absolute Gasteiger partial charge is 0.0317 e. The van der Waals surface area contributed by atoms with E-state index in [1.165, 1.54) is 18.4 Å². The lowest BCUT2D eigenvalue weighted by atomic mass is 10.0. The molecule has 1 rings (SSSR count). The van der Waals surface area contributed by atoms with E-state index >= 15 is 0 Å². The highest BCUT2D eigenvalue weighted by Gasteiger charge is 2.07. The highest BCUT2D eigenvalue weighted by Crippen LogP contribution is 2.19. The third kappa shape index (κ3) is 4.35. The molecule has 0 aromatic heterocycles. The largest absolute Gasteiger partial charge is 0.310 e. The molecule has 84 valence electrons. The zero-order valence-electron chi connectivity index (χ0n) is 9.59. The number of hydrogen-bond donors (Lipinski definition) is 1. The van der Waals surface area contributed by atoms with E-state index in [0.29, 0.717) is 6.04 Å². The molecule has 1 unspecified atom stereocenters. The van der Waals surface area contributed by atoms with Crippen LogP contribution in [0.2, 0.25) is 0 Å². The normalized spacial score (nSPS) is 12.7. The molecule has 0 aliphatic rings. The number of hydrogen-bond acceptors (Lipinski definition) is 1. The minimum absolute atomic E-state index is 0.504. The predicted octanol–water partition coefficient (Wildman–Crippen LogP) is 4.29. The third-order valence-electron chi connectivity index (χ3n) is 2.60. The Bertz CT molecular complexity index is 268. The Morgan fingerprint density at radius 1 is 1.20 bits per heavy atom. The maximum atomic E-state index is 3.59. The summed E-state index contributed by atoms with van der Waals surface area (Å²) in [6.45, 7) is 5.57. The molecule has 1 aromatic carbocycles. The van der Waals surface area contributed by atoms with Gasteiger partial charge in [-0.15, -0.1) is 0 Å². The zero-order valence-corrected chi connectivity index (χ0v) is 11.2. The van der Waals surface area contributed by atoms with E-state index in [0.717, 1.165) is 17.4 Å². The molecule has 0 heterocycles. The van der Waals surface area contributed by atoms with Gasteiger partial charge >= 0.3 is 0 Å². The minimum Gasteiger partial charge on any atom is -0.310 e. The van der Waals surface area contributed by atoms with E-state index < -0.39 is 0 Å². The van der Waals surface area contributed by atoms with Gasteiger partial charge in [0.2, 0.25) is 0 Å². The van der Waals surface area contributed by atoms with Crippen molar-refractivity contribution in [3.63, 3.8) is 0 Å². The quantitative estimate of drug-likeness (QED) is 0.760. The number of rotatable bonds is 6. The summed E-state index contributed by atoms with van der Waals surface area (Å²) < 4.78 is 1.15. The van der Waals surface area contributed by atoms with Crippen LogP contribution >= 0.6 is 15.9 Å². The van der Waals surface area contributed by atoms with Crippen molar-refractivity contribution in [1.82, 2.24) is 5.32 Å². The molecule has 0 radical (unpaired) electrons. The average molecular weight is 270 g/mol. The second-order valence-electron chi connectivity index (χ2n) is 3.82. The first-order valence-electron chi connectivity index (χ1n) is 5.76. The van der Waals surface area contributed by atoms with Crippen molar-refractivity contribution < 1.29 is 0 Å². The lowest BCUT2D eigenvalue weighted by Crippen LogP contribution is -2.21. The SMILES string of the molecule is CCCCNC(CC)c1ccc(Br)cc1. The molecule has 1 N–H and O–H groups in total. The van der Waals surface area contributed by atoms with E-state index in [4.69, 9.17) is 0 Å². The Balaban J connectivity index is 2.53. The fourth-order valence-electron chi connectivity index (χ4n) is 1.65. The van der Waals surface area contributed by atoms with Gasteiger partial charge in [-0.25, -0.2) is 0 Å². The molecule has 1 aromatic rings. The standard InChI is InChI=1S/C13H20BrN/c1-3-5-10-15-13(4-2)11-6-8-12(14)9-7-11/h6-9,13,15H,3-5,10H2,1-2H3. The third-order valence-corrected chi connectivity index (χ3v) is 3.13. The lowest BCUT2D eigenvalue weighted by Gasteiger charge is -2.17. The molecule has 1 nitrogen and oxygen atoms in total. The lowest BCUT2D eigenvalue weighted by molar-refractivity contribution is 0.508. The molecule has 0 saturated carbocycles. The number of unbranched alkanes of at least 4 members (excludes halogenated alkanes) is 1. The van der Waals surface area contributed by atoms with Crippen molar-refractivity contribution in [2.45, 2.75) is 39.2 Å². The van der Waals surface area contributed by atoms with Gasteiger partial charge < -0.3 is 5.32 Å². The van der Waals surface area contributed by atoms with Crippen LogP contribution in [0.4, 0.5) is 0 Å². The van der Waals surface area contributed by atoms with Gasteiger partial charge in [-0.3, -0.25) is 0 Å². The van der Waals surface area contributed by atoms with E-state index in [9.17, 15) is 0 Å². The van der Waals surface area contributed by atoms with Crippen LogP contribution in [0.15, 0.2) is 28.7 Å². The molecule has 0 amide bonds. The van der Waals surface area contributed by atoms with Gasteiger partial charge in [0, 0.05) is 10.5 Å². The summed E-state index contributed by atoms with van der Waals surface area (Å²) in [4.78, 5) is 0. The second-order valence-corrected chi connectivity index (χ2v) is 4.74. The van der Waals surface area contributed by atoms with E-state index in [2.05, 4.69) is 59.4 Å². The van der Waals surface area contributed by atoms with Crippen molar-refractivity contribution in [2.24, 2.45) is 0 Å². The first-order valence-corrected chi connectivity index (χ1v) is 6.56. The monoisotopic (exact) mass is 269 g/mol. The first-order chi connectivity index (χ1) is 7.27. The topological polar surface area (TPSA) is 12.0 Å². The first kappa shape index (κ1) is 12.7. The van der Waals surface area contributed by atoms with Crippen molar-refractivity contribution in [1.29, 1.82) is 0 Å². The van der Waals surface area contributed by atoms with E-state index in [1.807, 2.05) is 0 Å². The molecule has 0 saturated heterocycles. The fourth-order valence-corrected chi connectivity index (χ4v) is 1.91. The van der Waals surface area contributed by atoms with E-state index in [-0.39, 0.29) is 0 Å². The number of nitrogens with one attached hydrogen (secondary N) is 1. The maximum Gasteiger partial charge on any atom is 0.0317 e. The van der Waals surface area contributed by atoms with Crippen LogP contribution in [0.25, 0.3) is 0 Å². The van der Waals surface area contributed by atoms with Crippen LogP contribution in [-0.4, -0.2) is 6.54 Å². The Morgan fingerprint density at radius 3 is 2.40 bits per heavy atom. The average Bonchev–Trinajstić information content (AvgIpc) is 2.26. The summed E-state index contributed by atoms with van der Waals surface area (Å²) in [5.74, 6) is 0. The van der Waals surface area contributed by atoms with Crippen LogP contribution < -0.4 is 5.32 Å². The molecular formula is C13H20BrN. The Morgan fingerprint density at radius 2 is 1.87 bits per heavy atom. The molecule has 1 atom stereocenters. The zero-order chi connectivity index (χ0) is 11.1. The summed E-state index contributed by atoms with van der Waals surface area (Å²) >= 11 is 3.46. The van der Waals surface area contributed by atoms with Crippen LogP contribution in [0.1, 0.15) is 44.7 Å². The van der Waals surface area contributed by atoms with Crippen molar-refractivity contribution in [2.75, 3.05) is 6.54 Å². The van der Waals surface area contributed by atoms with Crippen LogP contribution in [-0.2, 0) is 0 Å². The molecule has 2 heteroatoms. The van der Waals surface area contributed by atoms with Crippen molar-refractivity contribution in [3.05, 3.63) is 34.3 Å². The molecule has 0 aliphatic carbocycles. The van der Waals surface area contributed by atoms with Crippen LogP contribution in [0, 0.1) is 0 Å². The van der Waals surface area contributed by atoms with Gasteiger partial charge in [0.05, 0.1) is 0 Å². The molecule has 0 bridgehead atoms. The summed E-state index contributed by atoms with van der Waals surface area (Å²) in [5.41, 5.74) is 1.39. The van der Waals surface area contributed by atoms with Gasteiger partial charge in [-0.2, -0.15) is 0 Å². The second kappa shape index (κ2) is 7.02. The highest BCUT2D eigenvalue weighted by molar-refractivity contribution is 9.10. The Kier molecular flexibility index (Phi) is 5.96. The van der Waals surface area contributed by atoms with Gasteiger partial charge in [0.25, 0.3) is 0 Å². The molecular weight excluding hydrogens is 250 g/mol. The Hall–Kier alpha value is -0.340. The van der Waals surface area contributed by atoms with Crippen LogP contribution in [0.5, 0.6) is 0 Å². The van der Waals surface area contributed by atoms with Gasteiger partial charge in [-0.05, 0) is 37.1 Å². The predicted molar refractivity (Wildman–Crippen MR) is 70.1 cm³/mol. The molecule has 0 aliphatic heterocycles. The van der Waals surface area contributed by atoms with Gasteiger partial charge in [-0.1, -0.05) is 48.3 Å². The summed E-state index contributed by atoms with van der Waals surface area (Å²) in [5, 5.41) is 3.59. The molecule has 0 spiro atoms. The number of halogens is 1. The molecule has 0 fully saturated rings. The maximum absolute atomic E-state index is 3.59. The molecule has 15 heavy (non-hydrogen) atoms. The summed E-state index contributed by atoms with van der Waals surface area (Å²) in [7, 11) is 0. The van der Waals surface area contributed by atoms with E-state index in [1.54, 1.807) is 0 Å². The van der Waals surface area contributed by atoms with Crippen molar-refractivity contribution in [3.8, 4) is 0 Å². The fraction of sp³-hybridized carbons (Fsp3) is 0.538. The minimum atomic E-state index is 0.504. The highest BCUT2D eigenvalue weighted by atomic mass is 79.9. The number of benzene rings is 1. The van der Waals surface area contributed by atoms with Crippen LogP contribution in [0.3, 0.4) is 0 Å². The van der Waals surface area contributed by atoms with Gasteiger partial charge in [0.15, 0.2) is 0 Å². The van der Waals surface area contributed by atoms with Gasteiger partial charge in [0.1, 0.15) is 0 Å². The summed E-state index contributed by atoms with van der Waals surface area (Å²) in [6, 6.07) is 9.11. The Labute approximate surface area is 101 Å². The van der Waals surface area contributed by atoms with Crippen molar-refractivity contribution >= 4 is 15.9 Å². The summed E-state index contributed by atoms with van der Waals surface area (Å²) in [6.07, 6.45) is 3.65.